The van der Waals surface area contributed by atoms with Gasteiger partial charge in [0.25, 0.3) is 5.91 Å². The van der Waals surface area contributed by atoms with Crippen molar-refractivity contribution in [3.63, 3.8) is 0 Å². The van der Waals surface area contributed by atoms with E-state index in [0.717, 1.165) is 21.3 Å². The van der Waals surface area contributed by atoms with Crippen molar-refractivity contribution < 1.29 is 9.53 Å². The van der Waals surface area contributed by atoms with Crippen molar-refractivity contribution in [1.82, 2.24) is 0 Å². The minimum absolute atomic E-state index is 0.155. The Labute approximate surface area is 139 Å². The van der Waals surface area contributed by atoms with E-state index in [2.05, 4.69) is 33.4 Å². The highest BCUT2D eigenvalue weighted by molar-refractivity contribution is 9.10. The van der Waals surface area contributed by atoms with Crippen LogP contribution in [0.25, 0.3) is 0 Å². The summed E-state index contributed by atoms with van der Waals surface area (Å²) in [7, 11) is 0. The monoisotopic (exact) mass is 361 g/mol. The van der Waals surface area contributed by atoms with E-state index in [1.165, 1.54) is 5.56 Å². The highest BCUT2D eigenvalue weighted by Gasteiger charge is 2.16. The molecule has 0 bridgehead atoms. The summed E-state index contributed by atoms with van der Waals surface area (Å²) >= 11 is 3.37. The van der Waals surface area contributed by atoms with Crippen LogP contribution in [0.15, 0.2) is 40.9 Å². The first-order chi connectivity index (χ1) is 10.4. The van der Waals surface area contributed by atoms with Crippen LogP contribution in [0, 0.1) is 20.8 Å². The van der Waals surface area contributed by atoms with Crippen molar-refractivity contribution >= 4 is 27.5 Å². The second-order valence-corrected chi connectivity index (χ2v) is 6.39. The highest BCUT2D eigenvalue weighted by Crippen LogP contribution is 2.23. The molecule has 0 unspecified atom stereocenters. The third kappa shape index (κ3) is 4.10. The van der Waals surface area contributed by atoms with Gasteiger partial charge in [-0.1, -0.05) is 33.6 Å². The Morgan fingerprint density at radius 2 is 1.64 bits per heavy atom. The zero-order chi connectivity index (χ0) is 16.3. The predicted octanol–water partition coefficient (Wildman–Crippen LogP) is 4.78. The third-order valence-corrected chi connectivity index (χ3v) is 3.95. The maximum atomic E-state index is 12.3. The maximum Gasteiger partial charge on any atom is 0.265 e. The number of rotatable bonds is 4. The van der Waals surface area contributed by atoms with Gasteiger partial charge in [0.1, 0.15) is 5.75 Å². The zero-order valence-electron chi connectivity index (χ0n) is 13.2. The van der Waals surface area contributed by atoms with Gasteiger partial charge in [-0.05, 0) is 63.1 Å². The van der Waals surface area contributed by atoms with Gasteiger partial charge in [0.15, 0.2) is 6.10 Å². The lowest BCUT2D eigenvalue weighted by Gasteiger charge is -2.17. The van der Waals surface area contributed by atoms with Crippen LogP contribution in [0.2, 0.25) is 0 Å². The van der Waals surface area contributed by atoms with Gasteiger partial charge in [0, 0.05) is 10.2 Å². The number of nitrogens with one attached hydrogen (secondary N) is 1. The lowest BCUT2D eigenvalue weighted by molar-refractivity contribution is -0.122. The summed E-state index contributed by atoms with van der Waals surface area (Å²) < 4.78 is 6.65. The van der Waals surface area contributed by atoms with Gasteiger partial charge < -0.3 is 10.1 Å². The first-order valence-electron chi connectivity index (χ1n) is 7.18. The minimum atomic E-state index is -0.568. The molecule has 0 aromatic heterocycles. The van der Waals surface area contributed by atoms with Gasteiger partial charge in [-0.15, -0.1) is 0 Å². The summed E-state index contributed by atoms with van der Waals surface area (Å²) in [5.41, 5.74) is 4.16. The molecule has 4 heteroatoms. The molecule has 0 spiro atoms. The molecule has 22 heavy (non-hydrogen) atoms. The first-order valence-corrected chi connectivity index (χ1v) is 7.97. The Balaban J connectivity index is 2.07. The second-order valence-electron chi connectivity index (χ2n) is 5.48. The summed E-state index contributed by atoms with van der Waals surface area (Å²) in [4.78, 5) is 12.3. The number of aryl methyl sites for hydroxylation is 3. The fourth-order valence-electron chi connectivity index (χ4n) is 2.37. The van der Waals surface area contributed by atoms with Gasteiger partial charge in [-0.3, -0.25) is 4.79 Å². The molecule has 2 aromatic carbocycles. The summed E-state index contributed by atoms with van der Waals surface area (Å²) in [5, 5.41) is 2.96. The Kier molecular flexibility index (Phi) is 5.24. The minimum Gasteiger partial charge on any atom is -0.481 e. The predicted molar refractivity (Wildman–Crippen MR) is 93.5 cm³/mol. The SMILES string of the molecule is Cc1cc(C)c(NC(=O)[C@H](C)Oc2ccc(Br)cc2)c(C)c1. The number of carbonyl (C=O) groups excluding carboxylic acids is 1. The van der Waals surface area contributed by atoms with E-state index in [-0.39, 0.29) is 5.91 Å². The average Bonchev–Trinajstić information content (AvgIpc) is 2.45. The molecule has 1 amide bonds. The molecular weight excluding hydrogens is 342 g/mol. The molecule has 116 valence electrons. The Hall–Kier alpha value is -1.81. The van der Waals surface area contributed by atoms with Gasteiger partial charge in [0.2, 0.25) is 0 Å². The van der Waals surface area contributed by atoms with Crippen molar-refractivity contribution in [2.24, 2.45) is 0 Å². The number of anilines is 1. The second kappa shape index (κ2) is 6.97. The van der Waals surface area contributed by atoms with Gasteiger partial charge in [-0.25, -0.2) is 0 Å². The molecular formula is C18H20BrNO2. The molecule has 0 aliphatic heterocycles. The molecule has 0 aliphatic rings. The zero-order valence-corrected chi connectivity index (χ0v) is 14.8. The van der Waals surface area contributed by atoms with E-state index in [1.54, 1.807) is 6.92 Å². The summed E-state index contributed by atoms with van der Waals surface area (Å²) in [5.74, 6) is 0.515. The molecule has 0 aliphatic carbocycles. The maximum absolute atomic E-state index is 12.3. The lowest BCUT2D eigenvalue weighted by Crippen LogP contribution is -2.30. The largest absolute Gasteiger partial charge is 0.481 e. The molecule has 2 aromatic rings. The first kappa shape index (κ1) is 16.6. The van der Waals surface area contributed by atoms with Crippen molar-refractivity contribution in [2.75, 3.05) is 5.32 Å². The topological polar surface area (TPSA) is 38.3 Å². The van der Waals surface area contributed by atoms with Crippen LogP contribution in [-0.2, 0) is 4.79 Å². The van der Waals surface area contributed by atoms with Crippen molar-refractivity contribution in [3.8, 4) is 5.75 Å². The van der Waals surface area contributed by atoms with Gasteiger partial charge in [0.05, 0.1) is 0 Å². The molecule has 0 heterocycles. The number of carbonyl (C=O) groups is 1. The number of hydrogen-bond acceptors (Lipinski definition) is 2. The normalized spacial score (nSPS) is 11.9. The van der Waals surface area contributed by atoms with Crippen LogP contribution in [0.1, 0.15) is 23.6 Å². The van der Waals surface area contributed by atoms with Gasteiger partial charge >= 0.3 is 0 Å². The fourth-order valence-corrected chi connectivity index (χ4v) is 2.64. The Bertz CT molecular complexity index is 657. The molecule has 1 atom stereocenters. The van der Waals surface area contributed by atoms with Crippen molar-refractivity contribution in [3.05, 3.63) is 57.6 Å². The Morgan fingerprint density at radius 3 is 2.18 bits per heavy atom. The molecule has 1 N–H and O–H groups in total. The number of ether oxygens (including phenoxy) is 1. The molecule has 3 nitrogen and oxygen atoms in total. The smallest absolute Gasteiger partial charge is 0.265 e. The quantitative estimate of drug-likeness (QED) is 0.850. The van der Waals surface area contributed by atoms with Gasteiger partial charge in [-0.2, -0.15) is 0 Å². The molecule has 2 rings (SSSR count). The molecule has 0 saturated carbocycles. The number of amides is 1. The average molecular weight is 362 g/mol. The van der Waals surface area contributed by atoms with Crippen LogP contribution < -0.4 is 10.1 Å². The standard InChI is InChI=1S/C18H20BrNO2/c1-11-9-12(2)17(13(3)10-11)20-18(21)14(4)22-16-7-5-15(19)6-8-16/h5-10,14H,1-4H3,(H,20,21)/t14-/m0/s1. The van der Waals surface area contributed by atoms with E-state index in [0.29, 0.717) is 5.75 Å². The summed E-state index contributed by atoms with van der Waals surface area (Å²) in [6, 6.07) is 11.5. The highest BCUT2D eigenvalue weighted by atomic mass is 79.9. The summed E-state index contributed by atoms with van der Waals surface area (Å²) in [6.45, 7) is 7.78. The molecule has 0 radical (unpaired) electrons. The third-order valence-electron chi connectivity index (χ3n) is 3.42. The van der Waals surface area contributed by atoms with Crippen LogP contribution in [-0.4, -0.2) is 12.0 Å². The number of benzene rings is 2. The van der Waals surface area contributed by atoms with Crippen molar-refractivity contribution in [2.45, 2.75) is 33.8 Å². The van der Waals surface area contributed by atoms with E-state index in [1.807, 2.05) is 45.0 Å². The van der Waals surface area contributed by atoms with Crippen molar-refractivity contribution in [1.29, 1.82) is 0 Å². The van der Waals surface area contributed by atoms with E-state index in [4.69, 9.17) is 4.74 Å². The van der Waals surface area contributed by atoms with Crippen LogP contribution in [0.3, 0.4) is 0 Å². The molecule has 0 saturated heterocycles. The van der Waals surface area contributed by atoms with Crippen LogP contribution in [0.4, 0.5) is 5.69 Å². The van der Waals surface area contributed by atoms with Crippen LogP contribution in [0.5, 0.6) is 5.75 Å². The van der Waals surface area contributed by atoms with E-state index < -0.39 is 6.10 Å². The number of halogens is 1. The Morgan fingerprint density at radius 1 is 1.09 bits per heavy atom. The fraction of sp³-hybridized carbons (Fsp3) is 0.278. The summed E-state index contributed by atoms with van der Waals surface area (Å²) in [6.07, 6.45) is -0.568. The van der Waals surface area contributed by atoms with E-state index >= 15 is 0 Å². The van der Waals surface area contributed by atoms with E-state index in [9.17, 15) is 4.79 Å². The molecule has 0 fully saturated rings. The van der Waals surface area contributed by atoms with Crippen LogP contribution >= 0.6 is 15.9 Å². The lowest BCUT2D eigenvalue weighted by atomic mass is 10.0. The number of hydrogen-bond donors (Lipinski definition) is 1.